The minimum atomic E-state index is -0.688. The molecule has 110 valence electrons. The lowest BCUT2D eigenvalue weighted by Gasteiger charge is -2.20. The molecular weight excluding hydrogens is 274 g/mol. The van der Waals surface area contributed by atoms with Gasteiger partial charge in [0.15, 0.2) is 23.4 Å². The third-order valence-corrected chi connectivity index (χ3v) is 3.06. The molecule has 0 saturated heterocycles. The van der Waals surface area contributed by atoms with Crippen LogP contribution in [0.3, 0.4) is 0 Å². The predicted molar refractivity (Wildman–Crippen MR) is 73.2 cm³/mol. The van der Waals surface area contributed by atoms with Gasteiger partial charge >= 0.3 is 6.09 Å². The van der Waals surface area contributed by atoms with Gasteiger partial charge in [-0.2, -0.15) is 0 Å². The summed E-state index contributed by atoms with van der Waals surface area (Å²) in [5.41, 5.74) is 0.690. The van der Waals surface area contributed by atoms with Crippen LogP contribution in [0.4, 0.5) is 4.79 Å². The molecule has 1 aromatic heterocycles. The Morgan fingerprint density at radius 2 is 2.29 bits per heavy atom. The van der Waals surface area contributed by atoms with E-state index in [1.165, 1.54) is 4.90 Å². The van der Waals surface area contributed by atoms with Crippen LogP contribution in [0.5, 0.6) is 11.5 Å². The molecule has 1 amide bonds. The minimum absolute atomic E-state index is 0.152. The van der Waals surface area contributed by atoms with Crippen molar-refractivity contribution in [1.29, 1.82) is 0 Å². The zero-order chi connectivity index (χ0) is 14.8. The fraction of sp³-hybridized carbons (Fsp3) is 0.286. The topological polar surface area (TPSA) is 76.7 Å². The Labute approximate surface area is 121 Å². The number of fused-ring (bicyclic) bond motifs is 1. The van der Waals surface area contributed by atoms with Gasteiger partial charge in [0.1, 0.15) is 0 Å². The number of nitrogens with one attached hydrogen (secondary N) is 1. The van der Waals surface area contributed by atoms with Gasteiger partial charge in [-0.15, -0.1) is 0 Å². The van der Waals surface area contributed by atoms with Crippen LogP contribution >= 0.6 is 0 Å². The number of aromatic nitrogens is 2. The van der Waals surface area contributed by atoms with Crippen LogP contribution in [0.25, 0.3) is 0 Å². The lowest BCUT2D eigenvalue weighted by molar-refractivity contribution is 0.0862. The van der Waals surface area contributed by atoms with E-state index in [1.807, 2.05) is 12.1 Å². The molecule has 0 saturated carbocycles. The Kier molecular flexibility index (Phi) is 3.39. The van der Waals surface area contributed by atoms with E-state index in [-0.39, 0.29) is 6.79 Å². The van der Waals surface area contributed by atoms with Gasteiger partial charge in [-0.1, -0.05) is 12.1 Å². The van der Waals surface area contributed by atoms with Gasteiger partial charge in [-0.3, -0.25) is 0 Å². The molecule has 0 aliphatic carbocycles. The van der Waals surface area contributed by atoms with E-state index in [0.29, 0.717) is 22.9 Å². The van der Waals surface area contributed by atoms with E-state index in [1.54, 1.807) is 32.6 Å². The zero-order valence-corrected chi connectivity index (χ0v) is 11.7. The molecule has 3 rings (SSSR count). The van der Waals surface area contributed by atoms with Gasteiger partial charge in [0, 0.05) is 32.1 Å². The number of aromatic amines is 1. The van der Waals surface area contributed by atoms with E-state index >= 15 is 0 Å². The second kappa shape index (κ2) is 5.35. The molecule has 7 heteroatoms. The van der Waals surface area contributed by atoms with Gasteiger partial charge in [-0.05, 0) is 6.07 Å². The number of amides is 1. The van der Waals surface area contributed by atoms with Crippen molar-refractivity contribution >= 4 is 6.09 Å². The molecule has 1 N–H and O–H groups in total. The smallest absolute Gasteiger partial charge is 0.410 e. The van der Waals surface area contributed by atoms with E-state index in [0.717, 1.165) is 0 Å². The molecule has 2 aromatic rings. The Morgan fingerprint density at radius 3 is 3.00 bits per heavy atom. The maximum atomic E-state index is 11.9. The maximum absolute atomic E-state index is 11.9. The van der Waals surface area contributed by atoms with Crippen LogP contribution < -0.4 is 9.47 Å². The summed E-state index contributed by atoms with van der Waals surface area (Å²) in [6.45, 7) is 0.152. The highest BCUT2D eigenvalue weighted by molar-refractivity contribution is 5.68. The molecule has 1 aromatic carbocycles. The first kappa shape index (κ1) is 13.3. The number of rotatable bonds is 3. The number of nitrogens with zero attached hydrogens (tertiary/aromatic N) is 2. The standard InChI is InChI=1S/C14H15N3O4/c1-17(2)14(18)21-12(13-15-6-7-16-13)9-4-3-5-10-11(9)20-8-19-10/h3-7,12H,8H2,1-2H3,(H,15,16). The van der Waals surface area contributed by atoms with Crippen LogP contribution in [0.15, 0.2) is 30.6 Å². The lowest BCUT2D eigenvalue weighted by atomic mass is 10.1. The Morgan fingerprint density at radius 1 is 1.43 bits per heavy atom. The van der Waals surface area contributed by atoms with Crippen molar-refractivity contribution in [3.63, 3.8) is 0 Å². The summed E-state index contributed by atoms with van der Waals surface area (Å²) in [7, 11) is 3.24. The fourth-order valence-electron chi connectivity index (χ4n) is 2.05. The Balaban J connectivity index is 2.00. The molecule has 1 aliphatic rings. The molecule has 2 heterocycles. The van der Waals surface area contributed by atoms with Gasteiger partial charge in [0.2, 0.25) is 6.79 Å². The van der Waals surface area contributed by atoms with Crippen molar-refractivity contribution in [1.82, 2.24) is 14.9 Å². The summed E-state index contributed by atoms with van der Waals surface area (Å²) < 4.78 is 16.4. The van der Waals surface area contributed by atoms with Crippen molar-refractivity contribution in [3.05, 3.63) is 42.0 Å². The van der Waals surface area contributed by atoms with Gasteiger partial charge in [-0.25, -0.2) is 9.78 Å². The highest BCUT2D eigenvalue weighted by Gasteiger charge is 2.29. The largest absolute Gasteiger partial charge is 0.454 e. The van der Waals surface area contributed by atoms with Gasteiger partial charge < -0.3 is 24.1 Å². The van der Waals surface area contributed by atoms with E-state index in [9.17, 15) is 4.79 Å². The van der Waals surface area contributed by atoms with Crippen molar-refractivity contribution in [3.8, 4) is 11.5 Å². The van der Waals surface area contributed by atoms with Crippen LogP contribution in [-0.2, 0) is 4.74 Å². The van der Waals surface area contributed by atoms with E-state index in [4.69, 9.17) is 14.2 Å². The molecule has 1 aliphatic heterocycles. The highest BCUT2D eigenvalue weighted by atomic mass is 16.7. The number of imidazole rings is 1. The van der Waals surface area contributed by atoms with Gasteiger partial charge in [0.25, 0.3) is 0 Å². The SMILES string of the molecule is CN(C)C(=O)OC(c1ncc[nH]1)c1cccc2c1OCO2. The number of benzene rings is 1. The number of carbonyl (C=O) groups is 1. The summed E-state index contributed by atoms with van der Waals surface area (Å²) in [5.74, 6) is 1.73. The number of hydrogen-bond donors (Lipinski definition) is 1. The molecule has 1 unspecified atom stereocenters. The van der Waals surface area contributed by atoms with Crippen LogP contribution in [-0.4, -0.2) is 41.8 Å². The first-order chi connectivity index (χ1) is 10.2. The number of para-hydroxylation sites is 1. The molecule has 1 atom stereocenters. The van der Waals surface area contributed by atoms with Crippen molar-refractivity contribution < 1.29 is 19.0 Å². The maximum Gasteiger partial charge on any atom is 0.410 e. The molecule has 0 radical (unpaired) electrons. The van der Waals surface area contributed by atoms with Crippen LogP contribution in [0, 0.1) is 0 Å². The summed E-state index contributed by atoms with van der Waals surface area (Å²) in [5, 5.41) is 0. The third-order valence-electron chi connectivity index (χ3n) is 3.06. The van der Waals surface area contributed by atoms with Gasteiger partial charge in [0.05, 0.1) is 0 Å². The van der Waals surface area contributed by atoms with Crippen molar-refractivity contribution in [2.75, 3.05) is 20.9 Å². The molecule has 0 bridgehead atoms. The fourth-order valence-corrected chi connectivity index (χ4v) is 2.05. The average molecular weight is 289 g/mol. The molecular formula is C14H15N3O4. The first-order valence-electron chi connectivity index (χ1n) is 6.42. The van der Waals surface area contributed by atoms with E-state index in [2.05, 4.69) is 9.97 Å². The number of hydrogen-bond acceptors (Lipinski definition) is 5. The number of ether oxygens (including phenoxy) is 3. The average Bonchev–Trinajstić information content (AvgIpc) is 3.14. The molecule has 0 fully saturated rings. The first-order valence-corrected chi connectivity index (χ1v) is 6.42. The van der Waals surface area contributed by atoms with Crippen molar-refractivity contribution in [2.24, 2.45) is 0 Å². The summed E-state index contributed by atoms with van der Waals surface area (Å²) in [6.07, 6.45) is 2.12. The quantitative estimate of drug-likeness (QED) is 0.934. The zero-order valence-electron chi connectivity index (χ0n) is 11.7. The minimum Gasteiger partial charge on any atom is -0.454 e. The van der Waals surface area contributed by atoms with E-state index < -0.39 is 12.2 Å². The Bertz CT molecular complexity index is 640. The molecule has 7 nitrogen and oxygen atoms in total. The normalized spacial score (nSPS) is 13.8. The number of carbonyl (C=O) groups excluding carboxylic acids is 1. The second-order valence-electron chi connectivity index (χ2n) is 4.71. The predicted octanol–water partition coefficient (Wildman–Crippen LogP) is 1.93. The Hall–Kier alpha value is -2.70. The third kappa shape index (κ3) is 2.49. The highest BCUT2D eigenvalue weighted by Crippen LogP contribution is 2.41. The lowest BCUT2D eigenvalue weighted by Crippen LogP contribution is -2.25. The van der Waals surface area contributed by atoms with Crippen molar-refractivity contribution in [2.45, 2.75) is 6.10 Å². The second-order valence-corrected chi connectivity index (χ2v) is 4.71. The number of H-pyrrole nitrogens is 1. The molecule has 21 heavy (non-hydrogen) atoms. The molecule has 0 spiro atoms. The monoisotopic (exact) mass is 289 g/mol. The van der Waals surface area contributed by atoms with Crippen LogP contribution in [0.2, 0.25) is 0 Å². The summed E-state index contributed by atoms with van der Waals surface area (Å²) in [6, 6.07) is 5.45. The van der Waals surface area contributed by atoms with Crippen LogP contribution in [0.1, 0.15) is 17.5 Å². The summed E-state index contributed by atoms with van der Waals surface area (Å²) in [4.78, 5) is 20.4. The summed E-state index contributed by atoms with van der Waals surface area (Å²) >= 11 is 0.